The minimum atomic E-state index is -0.228. The lowest BCUT2D eigenvalue weighted by atomic mass is 9.84. The van der Waals surface area contributed by atoms with Crippen molar-refractivity contribution in [1.82, 2.24) is 5.32 Å². The molecule has 0 saturated heterocycles. The van der Waals surface area contributed by atoms with Crippen molar-refractivity contribution in [2.45, 2.75) is 39.0 Å². The molecule has 1 aromatic carbocycles. The first-order chi connectivity index (χ1) is 8.99. The van der Waals surface area contributed by atoms with E-state index in [9.17, 15) is 4.79 Å². The maximum absolute atomic E-state index is 11.1. The number of carbonyl (C=O) groups is 1. The second-order valence-electron chi connectivity index (χ2n) is 5.51. The van der Waals surface area contributed by atoms with Crippen LogP contribution in [0, 0.1) is 0 Å². The Morgan fingerprint density at radius 3 is 2.42 bits per heavy atom. The van der Waals surface area contributed by atoms with Crippen molar-refractivity contribution < 1.29 is 9.53 Å². The topological polar surface area (TPSA) is 38.3 Å². The number of hydrogen-bond acceptors (Lipinski definition) is 3. The first-order valence-electron chi connectivity index (χ1n) is 6.86. The van der Waals surface area contributed by atoms with Crippen molar-refractivity contribution in [3.05, 3.63) is 35.4 Å². The van der Waals surface area contributed by atoms with Crippen LogP contribution in [0.4, 0.5) is 0 Å². The van der Waals surface area contributed by atoms with Crippen LogP contribution in [0.1, 0.15) is 38.3 Å². The Morgan fingerprint density at radius 2 is 1.89 bits per heavy atom. The first kappa shape index (κ1) is 15.7. The highest BCUT2D eigenvalue weighted by Crippen LogP contribution is 2.22. The molecule has 1 rings (SSSR count). The molecule has 0 aliphatic heterocycles. The molecule has 0 unspecified atom stereocenters. The fourth-order valence-corrected chi connectivity index (χ4v) is 2.06. The average molecular weight is 263 g/mol. The van der Waals surface area contributed by atoms with Crippen molar-refractivity contribution in [3.8, 4) is 0 Å². The number of rotatable bonds is 7. The third-order valence-corrected chi connectivity index (χ3v) is 3.34. The second kappa shape index (κ2) is 7.29. The minimum Gasteiger partial charge on any atom is -0.468 e. The summed E-state index contributed by atoms with van der Waals surface area (Å²) in [5.41, 5.74) is 2.66. The van der Waals surface area contributed by atoms with Gasteiger partial charge in [-0.25, -0.2) is 0 Å². The van der Waals surface area contributed by atoms with Crippen LogP contribution >= 0.6 is 0 Å². The number of methoxy groups -OCH3 is 1. The van der Waals surface area contributed by atoms with Crippen molar-refractivity contribution in [3.63, 3.8) is 0 Å². The molecule has 0 amide bonds. The van der Waals surface area contributed by atoms with Crippen LogP contribution in [-0.4, -0.2) is 26.2 Å². The lowest BCUT2D eigenvalue weighted by molar-refractivity contribution is -0.139. The summed E-state index contributed by atoms with van der Waals surface area (Å²) in [7, 11) is 1.40. The Morgan fingerprint density at radius 1 is 1.26 bits per heavy atom. The first-order valence-corrected chi connectivity index (χ1v) is 6.86. The number of esters is 1. The summed E-state index contributed by atoms with van der Waals surface area (Å²) in [4.78, 5) is 11.1. The number of benzene rings is 1. The van der Waals surface area contributed by atoms with Gasteiger partial charge in [0.1, 0.15) is 0 Å². The van der Waals surface area contributed by atoms with Crippen molar-refractivity contribution in [2.24, 2.45) is 0 Å². The monoisotopic (exact) mass is 263 g/mol. The van der Waals surface area contributed by atoms with E-state index in [4.69, 9.17) is 0 Å². The van der Waals surface area contributed by atoms with E-state index in [-0.39, 0.29) is 17.9 Å². The van der Waals surface area contributed by atoms with Crippen LogP contribution in [0.15, 0.2) is 24.3 Å². The predicted octanol–water partition coefficient (Wildman–Crippen LogP) is 2.68. The van der Waals surface area contributed by atoms with Crippen LogP contribution in [0.3, 0.4) is 0 Å². The van der Waals surface area contributed by atoms with E-state index in [1.165, 1.54) is 24.7 Å². The fraction of sp³-hybridized carbons (Fsp3) is 0.562. The standard InChI is InChI=1S/C16H25NO2/c1-5-6-13-7-9-14(10-8-13)16(2,3)12-17-11-15(18)19-4/h7-10,17H,5-6,11-12H2,1-4H3. The lowest BCUT2D eigenvalue weighted by Gasteiger charge is -2.25. The van der Waals surface area contributed by atoms with Gasteiger partial charge in [0.25, 0.3) is 0 Å². The van der Waals surface area contributed by atoms with Crippen LogP contribution in [0.25, 0.3) is 0 Å². The molecule has 3 heteroatoms. The average Bonchev–Trinajstić information content (AvgIpc) is 2.39. The number of ether oxygens (including phenoxy) is 1. The Kier molecular flexibility index (Phi) is 6.03. The molecular formula is C16H25NO2. The van der Waals surface area contributed by atoms with E-state index >= 15 is 0 Å². The molecule has 0 radical (unpaired) electrons. The molecule has 19 heavy (non-hydrogen) atoms. The molecule has 0 aliphatic carbocycles. The van der Waals surface area contributed by atoms with E-state index in [1.807, 2.05) is 0 Å². The highest BCUT2D eigenvalue weighted by molar-refractivity contribution is 5.71. The molecule has 0 bridgehead atoms. The van der Waals surface area contributed by atoms with Crippen LogP contribution in [0.5, 0.6) is 0 Å². The molecule has 0 aliphatic rings. The zero-order chi connectivity index (χ0) is 14.3. The van der Waals surface area contributed by atoms with Crippen LogP contribution in [-0.2, 0) is 21.4 Å². The summed E-state index contributed by atoms with van der Waals surface area (Å²) < 4.78 is 4.61. The van der Waals surface area contributed by atoms with Crippen molar-refractivity contribution in [2.75, 3.05) is 20.2 Å². The van der Waals surface area contributed by atoms with Crippen molar-refractivity contribution in [1.29, 1.82) is 0 Å². The summed E-state index contributed by atoms with van der Waals surface area (Å²) in [5, 5.41) is 3.14. The largest absolute Gasteiger partial charge is 0.468 e. The third-order valence-electron chi connectivity index (χ3n) is 3.34. The molecule has 1 N–H and O–H groups in total. The second-order valence-corrected chi connectivity index (χ2v) is 5.51. The van der Waals surface area contributed by atoms with Gasteiger partial charge >= 0.3 is 5.97 Å². The van der Waals surface area contributed by atoms with Gasteiger partial charge in [0.15, 0.2) is 0 Å². The molecule has 0 heterocycles. The number of nitrogens with one attached hydrogen (secondary N) is 1. The zero-order valence-corrected chi connectivity index (χ0v) is 12.5. The fourth-order valence-electron chi connectivity index (χ4n) is 2.06. The van der Waals surface area contributed by atoms with Crippen LogP contribution < -0.4 is 5.32 Å². The van der Waals surface area contributed by atoms with Gasteiger partial charge in [-0.2, -0.15) is 0 Å². The Labute approximate surface area is 116 Å². The minimum absolute atomic E-state index is 0.00122. The van der Waals surface area contributed by atoms with E-state index in [0.29, 0.717) is 0 Å². The third kappa shape index (κ3) is 5.03. The summed E-state index contributed by atoms with van der Waals surface area (Å²) in [5.74, 6) is -0.228. The molecule has 0 fully saturated rings. The zero-order valence-electron chi connectivity index (χ0n) is 12.5. The summed E-state index contributed by atoms with van der Waals surface area (Å²) >= 11 is 0. The van der Waals surface area contributed by atoms with Crippen molar-refractivity contribution >= 4 is 5.97 Å². The molecule has 0 saturated carbocycles. The molecule has 1 aromatic rings. The molecule has 106 valence electrons. The predicted molar refractivity (Wildman–Crippen MR) is 78.3 cm³/mol. The smallest absolute Gasteiger partial charge is 0.319 e. The quantitative estimate of drug-likeness (QED) is 0.769. The molecule has 0 spiro atoms. The normalized spacial score (nSPS) is 11.4. The number of carbonyl (C=O) groups excluding carboxylic acids is 1. The summed E-state index contributed by atoms with van der Waals surface area (Å²) in [6, 6.07) is 8.76. The highest BCUT2D eigenvalue weighted by atomic mass is 16.5. The Bertz CT molecular complexity index is 396. The Hall–Kier alpha value is -1.35. The van der Waals surface area contributed by atoms with E-state index in [2.05, 4.69) is 55.1 Å². The van der Waals surface area contributed by atoms with Gasteiger partial charge in [0.2, 0.25) is 0 Å². The lowest BCUT2D eigenvalue weighted by Crippen LogP contribution is -2.36. The van der Waals surface area contributed by atoms with Gasteiger partial charge < -0.3 is 10.1 Å². The van der Waals surface area contributed by atoms with Gasteiger partial charge in [0.05, 0.1) is 13.7 Å². The molecule has 3 nitrogen and oxygen atoms in total. The molecular weight excluding hydrogens is 238 g/mol. The van der Waals surface area contributed by atoms with E-state index < -0.39 is 0 Å². The number of hydrogen-bond donors (Lipinski definition) is 1. The number of aryl methyl sites for hydroxylation is 1. The van der Waals surface area contributed by atoms with Gasteiger partial charge in [-0.15, -0.1) is 0 Å². The van der Waals surface area contributed by atoms with Crippen LogP contribution in [0.2, 0.25) is 0 Å². The summed E-state index contributed by atoms with van der Waals surface area (Å²) in [6.07, 6.45) is 2.30. The van der Waals surface area contributed by atoms with Gasteiger partial charge in [-0.1, -0.05) is 51.5 Å². The Balaban J connectivity index is 2.58. The van der Waals surface area contributed by atoms with E-state index in [1.54, 1.807) is 0 Å². The summed E-state index contributed by atoms with van der Waals surface area (Å²) in [6.45, 7) is 7.54. The highest BCUT2D eigenvalue weighted by Gasteiger charge is 2.20. The van der Waals surface area contributed by atoms with E-state index in [0.717, 1.165) is 13.0 Å². The molecule has 0 atom stereocenters. The van der Waals surface area contributed by atoms with Gasteiger partial charge in [-0.05, 0) is 17.5 Å². The van der Waals surface area contributed by atoms with Gasteiger partial charge in [-0.3, -0.25) is 4.79 Å². The van der Waals surface area contributed by atoms with Gasteiger partial charge in [0, 0.05) is 12.0 Å². The SMILES string of the molecule is CCCc1ccc(C(C)(C)CNCC(=O)OC)cc1. The maximum Gasteiger partial charge on any atom is 0.319 e. The molecule has 0 aromatic heterocycles. The maximum atomic E-state index is 11.1.